The number of aromatic nitrogens is 2. The van der Waals surface area contributed by atoms with Crippen molar-refractivity contribution < 1.29 is 8.42 Å². The third-order valence-corrected chi connectivity index (χ3v) is 9.33. The van der Waals surface area contributed by atoms with Crippen LogP contribution in [0.5, 0.6) is 0 Å². The Kier molecular flexibility index (Phi) is 7.18. The Morgan fingerprint density at radius 1 is 0.889 bits per heavy atom. The summed E-state index contributed by atoms with van der Waals surface area (Å²) < 4.78 is 27.4. The monoisotopic (exact) mass is 518 g/mol. The molecule has 2 aromatic carbocycles. The minimum atomic E-state index is -3.49. The number of piperazine rings is 1. The van der Waals surface area contributed by atoms with Gasteiger partial charge in [0.2, 0.25) is 10.0 Å². The average Bonchev–Trinajstić information content (AvgIpc) is 3.20. The maximum Gasteiger partial charge on any atom is 0.236 e. The fraction of sp³-hybridized carbons (Fsp3) is 0.286. The molecule has 1 aliphatic rings. The number of benzene rings is 2. The van der Waals surface area contributed by atoms with E-state index in [-0.39, 0.29) is 0 Å². The Balaban J connectivity index is 1.35. The molecule has 0 bridgehead atoms. The van der Waals surface area contributed by atoms with Crippen LogP contribution in [0.3, 0.4) is 0 Å². The zero-order valence-corrected chi connectivity index (χ0v) is 22.2. The number of fused-ring (bicyclic) bond motifs is 1. The fourth-order valence-electron chi connectivity index (χ4n) is 4.48. The van der Waals surface area contributed by atoms with E-state index in [0.717, 1.165) is 40.3 Å². The summed E-state index contributed by atoms with van der Waals surface area (Å²) in [5.74, 6) is 1.77. The molecule has 0 amide bonds. The molecule has 0 spiro atoms. The molecule has 0 N–H and O–H groups in total. The second-order valence-electron chi connectivity index (χ2n) is 9.06. The Morgan fingerprint density at radius 2 is 1.56 bits per heavy atom. The van der Waals surface area contributed by atoms with Crippen LogP contribution in [0.2, 0.25) is 0 Å². The van der Waals surface area contributed by atoms with Gasteiger partial charge in [0, 0.05) is 42.9 Å². The molecule has 1 fully saturated rings. The maximum absolute atomic E-state index is 12.9. The van der Waals surface area contributed by atoms with Crippen molar-refractivity contribution in [3.8, 4) is 0 Å². The molecule has 0 radical (unpaired) electrons. The largest absolute Gasteiger partial charge is 0.353 e. The zero-order chi connectivity index (χ0) is 25.1. The van der Waals surface area contributed by atoms with Crippen molar-refractivity contribution in [3.05, 3.63) is 93.5 Å². The number of nitrogens with zero attached hydrogens (tertiary/aromatic N) is 4. The van der Waals surface area contributed by atoms with E-state index < -0.39 is 10.0 Å². The van der Waals surface area contributed by atoms with E-state index in [1.54, 1.807) is 21.7 Å². The molecule has 36 heavy (non-hydrogen) atoms. The second-order valence-corrected chi connectivity index (χ2v) is 12.1. The Morgan fingerprint density at radius 3 is 2.25 bits per heavy atom. The molecule has 186 valence electrons. The predicted molar refractivity (Wildman–Crippen MR) is 149 cm³/mol. The molecule has 3 heterocycles. The van der Waals surface area contributed by atoms with E-state index in [4.69, 9.17) is 9.97 Å². The van der Waals surface area contributed by atoms with Crippen molar-refractivity contribution in [2.45, 2.75) is 26.7 Å². The molecule has 5 rings (SSSR count). The highest BCUT2D eigenvalue weighted by Gasteiger charge is 2.28. The van der Waals surface area contributed by atoms with E-state index >= 15 is 0 Å². The van der Waals surface area contributed by atoms with Crippen LogP contribution in [-0.4, -0.2) is 48.9 Å². The van der Waals surface area contributed by atoms with Crippen molar-refractivity contribution >= 4 is 43.5 Å². The Bertz CT molecular complexity index is 1470. The summed E-state index contributed by atoms with van der Waals surface area (Å²) >= 11 is 1.71. The molecule has 6 nitrogen and oxygen atoms in total. The van der Waals surface area contributed by atoms with Gasteiger partial charge in [-0.2, -0.15) is 4.31 Å². The second kappa shape index (κ2) is 10.5. The molecule has 0 aliphatic carbocycles. The first-order valence-electron chi connectivity index (χ1n) is 12.2. The number of hydrogen-bond acceptors (Lipinski definition) is 6. The highest BCUT2D eigenvalue weighted by molar-refractivity contribution is 7.92. The summed E-state index contributed by atoms with van der Waals surface area (Å²) in [5.41, 5.74) is 3.35. The molecule has 4 aromatic rings. The molecule has 0 atom stereocenters. The van der Waals surface area contributed by atoms with Crippen molar-refractivity contribution in [3.63, 3.8) is 0 Å². The van der Waals surface area contributed by atoms with Gasteiger partial charge in [0.25, 0.3) is 0 Å². The Hall–Kier alpha value is -3.07. The van der Waals surface area contributed by atoms with Crippen LogP contribution in [0.15, 0.2) is 66.1 Å². The zero-order valence-electron chi connectivity index (χ0n) is 20.6. The first kappa shape index (κ1) is 24.6. The van der Waals surface area contributed by atoms with Gasteiger partial charge in [-0.1, -0.05) is 60.7 Å². The lowest BCUT2D eigenvalue weighted by molar-refractivity contribution is 0.389. The van der Waals surface area contributed by atoms with Gasteiger partial charge in [0.1, 0.15) is 16.5 Å². The van der Waals surface area contributed by atoms with Crippen LogP contribution in [0.1, 0.15) is 27.4 Å². The fourth-order valence-corrected chi connectivity index (χ4v) is 6.70. The average molecular weight is 519 g/mol. The van der Waals surface area contributed by atoms with Crippen LogP contribution in [0.4, 0.5) is 5.82 Å². The highest BCUT2D eigenvalue weighted by Crippen LogP contribution is 2.35. The summed E-state index contributed by atoms with van der Waals surface area (Å²) in [6.07, 6.45) is 3.31. The normalized spacial score (nSPS) is 15.2. The number of rotatable bonds is 7. The standard InChI is InChI=1S/C28H30N4O2S2/c1-21-22(2)35-28-26(21)27(29-25(30-28)14-13-23-9-5-3-6-10-23)31-16-18-32(19-17-31)36(33,34)20-15-24-11-7-4-8-12-24/h3-12,15,20H,13-14,16-19H2,1-2H3/b20-15+. The number of sulfonamides is 1. The van der Waals surface area contributed by atoms with Crippen molar-refractivity contribution in [2.24, 2.45) is 0 Å². The van der Waals surface area contributed by atoms with Gasteiger partial charge in [0.15, 0.2) is 0 Å². The number of hydrogen-bond donors (Lipinski definition) is 0. The van der Waals surface area contributed by atoms with Gasteiger partial charge in [-0.25, -0.2) is 18.4 Å². The minimum absolute atomic E-state index is 0.425. The molecular weight excluding hydrogens is 488 g/mol. The highest BCUT2D eigenvalue weighted by atomic mass is 32.2. The lowest BCUT2D eigenvalue weighted by Gasteiger charge is -2.34. The number of anilines is 1. The smallest absolute Gasteiger partial charge is 0.236 e. The number of aryl methyl sites for hydroxylation is 4. The van der Waals surface area contributed by atoms with Crippen molar-refractivity contribution in [1.29, 1.82) is 0 Å². The first-order chi connectivity index (χ1) is 17.4. The number of thiophene rings is 1. The molecular formula is C28H30N4O2S2. The first-order valence-corrected chi connectivity index (χ1v) is 14.5. The lowest BCUT2D eigenvalue weighted by Crippen LogP contribution is -2.48. The third-order valence-electron chi connectivity index (χ3n) is 6.67. The van der Waals surface area contributed by atoms with Crippen LogP contribution in [-0.2, 0) is 22.9 Å². The van der Waals surface area contributed by atoms with Crippen molar-refractivity contribution in [2.75, 3.05) is 31.1 Å². The summed E-state index contributed by atoms with van der Waals surface area (Å²) in [7, 11) is -3.49. The van der Waals surface area contributed by atoms with Gasteiger partial charge in [-0.05, 0) is 43.0 Å². The molecule has 1 aliphatic heterocycles. The van der Waals surface area contributed by atoms with E-state index in [1.165, 1.54) is 21.4 Å². The third kappa shape index (κ3) is 5.36. The predicted octanol–water partition coefficient (Wildman–Crippen LogP) is 5.22. The Labute approximate surface area is 217 Å². The quantitative estimate of drug-likeness (QED) is 0.336. The van der Waals surface area contributed by atoms with Crippen LogP contribution in [0.25, 0.3) is 16.3 Å². The summed E-state index contributed by atoms with van der Waals surface area (Å²) in [6, 6.07) is 19.9. The topological polar surface area (TPSA) is 66.4 Å². The molecule has 0 saturated carbocycles. The van der Waals surface area contributed by atoms with Gasteiger partial charge >= 0.3 is 0 Å². The van der Waals surface area contributed by atoms with Gasteiger partial charge in [-0.15, -0.1) is 11.3 Å². The lowest BCUT2D eigenvalue weighted by atomic mass is 10.1. The molecule has 2 aromatic heterocycles. The van der Waals surface area contributed by atoms with E-state index in [9.17, 15) is 8.42 Å². The summed E-state index contributed by atoms with van der Waals surface area (Å²) in [4.78, 5) is 14.4. The van der Waals surface area contributed by atoms with Crippen LogP contribution in [0, 0.1) is 13.8 Å². The SMILES string of the molecule is Cc1sc2nc(CCc3ccccc3)nc(N3CCN(S(=O)(=O)/C=C/c4ccccc4)CC3)c2c1C. The van der Waals surface area contributed by atoms with E-state index in [1.807, 2.05) is 36.4 Å². The van der Waals surface area contributed by atoms with E-state index in [0.29, 0.717) is 26.2 Å². The maximum atomic E-state index is 12.9. The summed E-state index contributed by atoms with van der Waals surface area (Å²) in [5, 5.41) is 2.41. The van der Waals surface area contributed by atoms with Gasteiger partial charge in [-0.3, -0.25) is 0 Å². The van der Waals surface area contributed by atoms with Gasteiger partial charge in [0.05, 0.1) is 5.39 Å². The van der Waals surface area contributed by atoms with Gasteiger partial charge < -0.3 is 4.90 Å². The summed E-state index contributed by atoms with van der Waals surface area (Å²) in [6.45, 7) is 6.29. The minimum Gasteiger partial charge on any atom is -0.353 e. The molecule has 1 saturated heterocycles. The van der Waals surface area contributed by atoms with Crippen molar-refractivity contribution in [1.82, 2.24) is 14.3 Å². The van der Waals surface area contributed by atoms with E-state index in [2.05, 4.69) is 43.0 Å². The molecule has 0 unspecified atom stereocenters. The molecule has 8 heteroatoms. The van der Waals surface area contributed by atoms with Crippen LogP contribution >= 0.6 is 11.3 Å². The van der Waals surface area contributed by atoms with Crippen LogP contribution < -0.4 is 4.90 Å².